The van der Waals surface area contributed by atoms with Crippen LogP contribution in [0.4, 0.5) is 27.6 Å². The molecule has 2 aliphatic heterocycles. The van der Waals surface area contributed by atoms with E-state index < -0.39 is 60.6 Å². The van der Waals surface area contributed by atoms with Crippen LogP contribution in [0.5, 0.6) is 5.75 Å². The Morgan fingerprint density at radius 2 is 1.88 bits per heavy atom. The Labute approximate surface area is 178 Å². The number of hydrogen-bond donors (Lipinski definition) is 1. The normalized spacial score (nSPS) is 23.8. The van der Waals surface area contributed by atoms with Gasteiger partial charge in [0.25, 0.3) is 5.91 Å². The molecule has 0 bridgehead atoms. The van der Waals surface area contributed by atoms with E-state index in [0.29, 0.717) is 5.69 Å². The maximum atomic E-state index is 14.7. The number of aryl methyl sites for hydroxylation is 1. The van der Waals surface area contributed by atoms with Gasteiger partial charge in [-0.05, 0) is 18.6 Å². The molecule has 2 N–H and O–H groups in total. The molecule has 2 aromatic rings. The molecule has 0 saturated carbocycles. The molecule has 0 spiro atoms. The summed E-state index contributed by atoms with van der Waals surface area (Å²) < 4.78 is 76.0. The van der Waals surface area contributed by atoms with Crippen LogP contribution in [0.3, 0.4) is 0 Å². The van der Waals surface area contributed by atoms with Crippen molar-refractivity contribution < 1.29 is 36.3 Å². The largest absolute Gasteiger partial charge is 0.490 e. The van der Waals surface area contributed by atoms with Gasteiger partial charge in [0, 0.05) is 13.5 Å². The third kappa shape index (κ3) is 3.26. The van der Waals surface area contributed by atoms with Gasteiger partial charge in [-0.3, -0.25) is 9.59 Å². The first kappa shape index (κ1) is 22.0. The first-order valence-corrected chi connectivity index (χ1v) is 9.62. The van der Waals surface area contributed by atoms with Crippen molar-refractivity contribution in [3.8, 4) is 5.75 Å². The molecule has 3 heterocycles. The predicted molar refractivity (Wildman–Crippen MR) is 99.2 cm³/mol. The number of ether oxygens (including phenoxy) is 1. The molecule has 13 heteroatoms. The molecule has 0 saturated heterocycles. The number of hydrogen-bond acceptors (Lipinski definition) is 5. The Kier molecular flexibility index (Phi) is 5.09. The number of nitrogens with zero attached hydrogens (tertiary/aromatic N) is 4. The Morgan fingerprint density at radius 3 is 2.53 bits per heavy atom. The Balaban J connectivity index is 1.87. The molecule has 2 unspecified atom stereocenters. The van der Waals surface area contributed by atoms with E-state index in [1.807, 2.05) is 0 Å². The van der Waals surface area contributed by atoms with E-state index in [4.69, 9.17) is 10.5 Å². The third-order valence-corrected chi connectivity index (χ3v) is 5.92. The second kappa shape index (κ2) is 7.41. The fourth-order valence-electron chi connectivity index (χ4n) is 4.40. The number of alkyl halides is 5. The smallest absolute Gasteiger partial charge is 0.453 e. The summed E-state index contributed by atoms with van der Waals surface area (Å²) in [5.74, 6) is -11.3. The van der Waals surface area contributed by atoms with Gasteiger partial charge in [-0.15, -0.1) is 10.2 Å². The highest BCUT2D eigenvalue weighted by molar-refractivity contribution is 5.97. The molecule has 32 heavy (non-hydrogen) atoms. The average Bonchev–Trinajstić information content (AvgIpc) is 3.12. The number of benzene rings is 1. The van der Waals surface area contributed by atoms with Gasteiger partial charge in [-0.25, -0.2) is 0 Å². The Bertz CT molecular complexity index is 1070. The average molecular weight is 459 g/mol. The van der Waals surface area contributed by atoms with Crippen molar-refractivity contribution in [1.29, 1.82) is 0 Å². The summed E-state index contributed by atoms with van der Waals surface area (Å²) in [6.45, 7) is -0.495. The van der Waals surface area contributed by atoms with E-state index in [2.05, 4.69) is 10.2 Å². The standard InChI is InChI=1S/C19H18F5N5O3/c1-28-11-4-2-3-5-12(11)32-8-9(17(28)31)14-10(18(20,21)19(22,23)24)6-7-13-26-27-16(15(25)30)29(13)14/h2-5,9-10,14H,6-8H2,1H3,(H2,25,30)/t9-,10?,14?/m1/s1. The number of fused-ring (bicyclic) bond motifs is 2. The highest BCUT2D eigenvalue weighted by Crippen LogP contribution is 2.52. The molecule has 4 rings (SSSR count). The number of para-hydroxylation sites is 2. The van der Waals surface area contributed by atoms with Crippen LogP contribution in [-0.2, 0) is 11.2 Å². The molecule has 0 fully saturated rings. The van der Waals surface area contributed by atoms with E-state index >= 15 is 0 Å². The molecule has 0 radical (unpaired) electrons. The van der Waals surface area contributed by atoms with Gasteiger partial charge in [-0.1, -0.05) is 12.1 Å². The number of carbonyl (C=O) groups is 2. The highest BCUT2D eigenvalue weighted by Gasteiger charge is 2.66. The first-order valence-electron chi connectivity index (χ1n) is 9.62. The van der Waals surface area contributed by atoms with Crippen LogP contribution in [-0.4, -0.2) is 52.3 Å². The second-order valence-electron chi connectivity index (χ2n) is 7.71. The van der Waals surface area contributed by atoms with Gasteiger partial charge in [-0.2, -0.15) is 22.0 Å². The summed E-state index contributed by atoms with van der Waals surface area (Å²) in [5, 5.41) is 7.30. The summed E-state index contributed by atoms with van der Waals surface area (Å²) in [5.41, 5.74) is 5.61. The molecule has 1 aromatic carbocycles. The minimum absolute atomic E-state index is 0.00441. The third-order valence-electron chi connectivity index (χ3n) is 5.92. The summed E-state index contributed by atoms with van der Waals surface area (Å²) >= 11 is 0. The summed E-state index contributed by atoms with van der Waals surface area (Å²) in [7, 11) is 1.37. The van der Waals surface area contributed by atoms with Crippen LogP contribution >= 0.6 is 0 Å². The van der Waals surface area contributed by atoms with Crippen molar-refractivity contribution in [2.24, 2.45) is 17.6 Å². The van der Waals surface area contributed by atoms with Crippen LogP contribution in [0, 0.1) is 11.8 Å². The number of primary amides is 1. The SMILES string of the molecule is CN1C(=O)[C@@H](C2C(C(F)(F)C(F)(F)F)CCc3nnc(C(N)=O)n32)COc2ccccc21. The number of nitrogens with two attached hydrogens (primary N) is 1. The van der Waals surface area contributed by atoms with Gasteiger partial charge in [0.15, 0.2) is 0 Å². The van der Waals surface area contributed by atoms with E-state index in [-0.39, 0.29) is 18.0 Å². The van der Waals surface area contributed by atoms with Crippen LogP contribution in [0.15, 0.2) is 24.3 Å². The lowest BCUT2D eigenvalue weighted by Gasteiger charge is -2.41. The number of halogens is 5. The van der Waals surface area contributed by atoms with Gasteiger partial charge >= 0.3 is 12.1 Å². The summed E-state index contributed by atoms with van der Waals surface area (Å²) in [6.07, 6.45) is -6.81. The van der Waals surface area contributed by atoms with Gasteiger partial charge in [0.1, 0.15) is 18.2 Å². The molecule has 3 atom stereocenters. The van der Waals surface area contributed by atoms with E-state index in [1.165, 1.54) is 7.05 Å². The second-order valence-corrected chi connectivity index (χ2v) is 7.71. The summed E-state index contributed by atoms with van der Waals surface area (Å²) in [4.78, 5) is 26.3. The number of carbonyl (C=O) groups excluding carboxylic acids is 2. The maximum Gasteiger partial charge on any atom is 0.453 e. The molecular weight excluding hydrogens is 441 g/mol. The van der Waals surface area contributed by atoms with Crippen molar-refractivity contribution in [2.75, 3.05) is 18.6 Å². The quantitative estimate of drug-likeness (QED) is 0.710. The van der Waals surface area contributed by atoms with Crippen LogP contribution in [0.25, 0.3) is 0 Å². The Hall–Kier alpha value is -3.25. The number of amides is 2. The molecule has 2 amide bonds. The van der Waals surface area contributed by atoms with Crippen LogP contribution in [0.1, 0.15) is 28.9 Å². The molecule has 172 valence electrons. The number of aromatic nitrogens is 3. The first-order chi connectivity index (χ1) is 14.9. The molecule has 0 aliphatic carbocycles. The van der Waals surface area contributed by atoms with E-state index in [1.54, 1.807) is 24.3 Å². The predicted octanol–water partition coefficient (Wildman–Crippen LogP) is 2.35. The molecule has 8 nitrogen and oxygen atoms in total. The van der Waals surface area contributed by atoms with E-state index in [0.717, 1.165) is 9.47 Å². The molecule has 1 aromatic heterocycles. The fraction of sp³-hybridized carbons (Fsp3) is 0.474. The van der Waals surface area contributed by atoms with Crippen molar-refractivity contribution in [2.45, 2.75) is 31.0 Å². The lowest BCUT2D eigenvalue weighted by Crippen LogP contribution is -2.53. The van der Waals surface area contributed by atoms with Crippen LogP contribution < -0.4 is 15.4 Å². The number of anilines is 1. The zero-order valence-electron chi connectivity index (χ0n) is 16.6. The van der Waals surface area contributed by atoms with E-state index in [9.17, 15) is 31.5 Å². The molecule has 2 aliphatic rings. The monoisotopic (exact) mass is 459 g/mol. The van der Waals surface area contributed by atoms with Crippen molar-refractivity contribution in [3.63, 3.8) is 0 Å². The Morgan fingerprint density at radius 1 is 1.19 bits per heavy atom. The van der Waals surface area contributed by atoms with Gasteiger partial charge in [0.2, 0.25) is 11.7 Å². The van der Waals surface area contributed by atoms with Crippen molar-refractivity contribution in [1.82, 2.24) is 14.8 Å². The zero-order chi connectivity index (χ0) is 23.4. The van der Waals surface area contributed by atoms with Crippen molar-refractivity contribution in [3.05, 3.63) is 35.9 Å². The topological polar surface area (TPSA) is 103 Å². The number of rotatable bonds is 3. The van der Waals surface area contributed by atoms with Gasteiger partial charge < -0.3 is 19.9 Å². The lowest BCUT2D eigenvalue weighted by molar-refractivity contribution is -0.310. The highest BCUT2D eigenvalue weighted by atomic mass is 19.4. The minimum atomic E-state index is -5.88. The van der Waals surface area contributed by atoms with Crippen molar-refractivity contribution >= 4 is 17.5 Å². The van der Waals surface area contributed by atoms with Gasteiger partial charge in [0.05, 0.1) is 23.6 Å². The lowest BCUT2D eigenvalue weighted by atomic mass is 9.77. The maximum absolute atomic E-state index is 14.7. The zero-order valence-corrected chi connectivity index (χ0v) is 16.6. The molecular formula is C19H18F5N5O3. The minimum Gasteiger partial charge on any atom is -0.490 e. The van der Waals surface area contributed by atoms with Crippen LogP contribution in [0.2, 0.25) is 0 Å². The summed E-state index contributed by atoms with van der Waals surface area (Å²) in [6, 6.07) is 4.52. The fourth-order valence-corrected chi connectivity index (χ4v) is 4.40.